The first-order valence-electron chi connectivity index (χ1n) is 5.29. The Kier molecular flexibility index (Phi) is 3.15. The zero-order valence-corrected chi connectivity index (χ0v) is 11.1. The van der Waals surface area contributed by atoms with Crippen molar-refractivity contribution in [2.75, 3.05) is 0 Å². The van der Waals surface area contributed by atoms with Crippen LogP contribution < -0.4 is 0 Å². The van der Waals surface area contributed by atoms with Crippen LogP contribution in [0.1, 0.15) is 25.7 Å². The molecule has 0 aliphatic carbocycles. The minimum atomic E-state index is -0.885. The summed E-state index contributed by atoms with van der Waals surface area (Å²) in [7, 11) is 0. The van der Waals surface area contributed by atoms with Crippen LogP contribution in [-0.2, 0) is 11.2 Å². The molecule has 0 aromatic carbocycles. The fourth-order valence-electron chi connectivity index (χ4n) is 1.77. The van der Waals surface area contributed by atoms with Crippen molar-refractivity contribution in [3.05, 3.63) is 22.6 Å². The third-order valence-electron chi connectivity index (χ3n) is 2.63. The van der Waals surface area contributed by atoms with E-state index in [9.17, 15) is 4.79 Å². The Morgan fingerprint density at radius 3 is 2.94 bits per heavy atom. The van der Waals surface area contributed by atoms with Gasteiger partial charge in [0.05, 0.1) is 0 Å². The number of pyridine rings is 1. The molecule has 1 atom stereocenters. The summed E-state index contributed by atoms with van der Waals surface area (Å²) >= 11 is 3.33. The Labute approximate surface area is 107 Å². The fourth-order valence-corrected chi connectivity index (χ4v) is 2.09. The molecule has 0 aliphatic heterocycles. The summed E-state index contributed by atoms with van der Waals surface area (Å²) in [5.74, 6) is -0.149. The lowest BCUT2D eigenvalue weighted by Gasteiger charge is -2.11. The van der Waals surface area contributed by atoms with Crippen LogP contribution in [0.3, 0.4) is 0 Å². The minimum Gasteiger partial charge on any atom is -0.480 e. The molecule has 1 N–H and O–H groups in total. The van der Waals surface area contributed by atoms with Crippen LogP contribution in [0.25, 0.3) is 11.2 Å². The van der Waals surface area contributed by atoms with Gasteiger partial charge in [0.1, 0.15) is 17.4 Å². The van der Waals surface area contributed by atoms with Gasteiger partial charge < -0.3 is 5.11 Å². The van der Waals surface area contributed by atoms with Crippen LogP contribution in [0.5, 0.6) is 0 Å². The largest absolute Gasteiger partial charge is 0.480 e. The highest BCUT2D eigenvalue weighted by Gasteiger charge is 2.20. The molecule has 2 aromatic heterocycles. The molecule has 0 saturated heterocycles. The Hall–Kier alpha value is -1.43. The van der Waals surface area contributed by atoms with E-state index in [4.69, 9.17) is 5.11 Å². The minimum absolute atomic E-state index is 0.611. The third-order valence-corrected chi connectivity index (χ3v) is 3.06. The first-order valence-corrected chi connectivity index (χ1v) is 6.09. The van der Waals surface area contributed by atoms with E-state index in [-0.39, 0.29) is 0 Å². The van der Waals surface area contributed by atoms with Gasteiger partial charge in [-0.3, -0.25) is 4.57 Å². The maximum Gasteiger partial charge on any atom is 0.326 e. The maximum atomic E-state index is 11.1. The second-order valence-corrected chi connectivity index (χ2v) is 4.68. The number of aliphatic carboxylic acids is 1. The summed E-state index contributed by atoms with van der Waals surface area (Å²) in [4.78, 5) is 19.7. The van der Waals surface area contributed by atoms with Gasteiger partial charge in [0.15, 0.2) is 5.65 Å². The van der Waals surface area contributed by atoms with Gasteiger partial charge in [-0.2, -0.15) is 0 Å². The molecule has 6 heteroatoms. The molecule has 1 unspecified atom stereocenters. The number of hydrogen-bond donors (Lipinski definition) is 1. The molecule has 0 spiro atoms. The van der Waals surface area contributed by atoms with Crippen LogP contribution in [-0.4, -0.2) is 25.6 Å². The quantitative estimate of drug-likeness (QED) is 0.944. The van der Waals surface area contributed by atoms with E-state index in [0.717, 1.165) is 10.3 Å². The van der Waals surface area contributed by atoms with E-state index in [2.05, 4.69) is 25.9 Å². The number of rotatable bonds is 3. The van der Waals surface area contributed by atoms with E-state index in [1.54, 1.807) is 17.7 Å². The van der Waals surface area contributed by atoms with Crippen molar-refractivity contribution in [3.63, 3.8) is 0 Å². The maximum absolute atomic E-state index is 11.1. The number of carbonyl (C=O) groups is 1. The van der Waals surface area contributed by atoms with Crippen molar-refractivity contribution in [3.8, 4) is 0 Å². The van der Waals surface area contributed by atoms with Gasteiger partial charge in [-0.1, -0.05) is 6.92 Å². The lowest BCUT2D eigenvalue weighted by atomic mass is 10.3. The third kappa shape index (κ3) is 2.04. The first kappa shape index (κ1) is 12.0. The molecule has 2 aromatic rings. The number of aromatic nitrogens is 3. The topological polar surface area (TPSA) is 68.0 Å². The van der Waals surface area contributed by atoms with Crippen molar-refractivity contribution in [1.29, 1.82) is 0 Å². The molecular weight excluding hydrogens is 286 g/mol. The monoisotopic (exact) mass is 297 g/mol. The highest BCUT2D eigenvalue weighted by molar-refractivity contribution is 9.10. The Balaban J connectivity index is 2.70. The summed E-state index contributed by atoms with van der Waals surface area (Å²) in [5, 5.41) is 9.10. The van der Waals surface area contributed by atoms with Crippen LogP contribution in [0.4, 0.5) is 0 Å². The van der Waals surface area contributed by atoms with Crippen molar-refractivity contribution in [2.45, 2.75) is 26.3 Å². The highest BCUT2D eigenvalue weighted by atomic mass is 79.9. The summed E-state index contributed by atoms with van der Waals surface area (Å²) in [6.45, 7) is 3.58. The van der Waals surface area contributed by atoms with Gasteiger partial charge in [0.2, 0.25) is 0 Å². The number of carboxylic acid groups (broad SMARTS) is 1. The summed E-state index contributed by atoms with van der Waals surface area (Å²) in [6.07, 6.45) is 2.32. The lowest BCUT2D eigenvalue weighted by Crippen LogP contribution is -2.18. The Morgan fingerprint density at radius 1 is 1.65 bits per heavy atom. The second-order valence-electron chi connectivity index (χ2n) is 3.76. The molecule has 2 heterocycles. The summed E-state index contributed by atoms with van der Waals surface area (Å²) in [6, 6.07) is 1.18. The molecule has 0 fully saturated rings. The van der Waals surface area contributed by atoms with Crippen LogP contribution in [0.2, 0.25) is 0 Å². The molecule has 0 bridgehead atoms. The Morgan fingerprint density at radius 2 is 2.35 bits per heavy atom. The van der Waals surface area contributed by atoms with Crippen LogP contribution in [0, 0.1) is 0 Å². The van der Waals surface area contributed by atoms with E-state index >= 15 is 0 Å². The standard InChI is InChI=1S/C11H12BrN3O2/c1-3-9-14-8-4-7(12)5-13-10(8)15(9)6(2)11(16)17/h4-6H,3H2,1-2H3,(H,16,17). The Bertz CT molecular complexity index is 579. The predicted octanol–water partition coefficient (Wildman–Crippen LogP) is 2.40. The average molecular weight is 298 g/mol. The smallest absolute Gasteiger partial charge is 0.326 e. The van der Waals surface area contributed by atoms with Gasteiger partial charge in [0, 0.05) is 17.1 Å². The summed E-state index contributed by atoms with van der Waals surface area (Å²) < 4.78 is 2.50. The lowest BCUT2D eigenvalue weighted by molar-refractivity contribution is -0.140. The van der Waals surface area contributed by atoms with Crippen LogP contribution in [0.15, 0.2) is 16.7 Å². The van der Waals surface area contributed by atoms with Crippen LogP contribution >= 0.6 is 15.9 Å². The van der Waals surface area contributed by atoms with Crippen molar-refractivity contribution in [1.82, 2.24) is 14.5 Å². The summed E-state index contributed by atoms with van der Waals surface area (Å²) in [5.41, 5.74) is 1.32. The second kappa shape index (κ2) is 4.44. The van der Waals surface area contributed by atoms with Crippen molar-refractivity contribution < 1.29 is 9.90 Å². The van der Waals surface area contributed by atoms with Crippen molar-refractivity contribution >= 4 is 33.1 Å². The number of fused-ring (bicyclic) bond motifs is 1. The molecule has 0 saturated carbocycles. The van der Waals surface area contributed by atoms with E-state index < -0.39 is 12.0 Å². The van der Waals surface area contributed by atoms with Gasteiger partial charge in [-0.25, -0.2) is 14.8 Å². The van der Waals surface area contributed by atoms with E-state index in [1.165, 1.54) is 0 Å². The number of hydrogen-bond acceptors (Lipinski definition) is 3. The molecule has 0 radical (unpaired) electrons. The highest BCUT2D eigenvalue weighted by Crippen LogP contribution is 2.22. The molecule has 0 amide bonds. The van der Waals surface area contributed by atoms with E-state index in [1.807, 2.05) is 13.0 Å². The SMILES string of the molecule is CCc1nc2cc(Br)cnc2n1C(C)C(=O)O. The number of nitrogens with zero attached hydrogens (tertiary/aromatic N) is 3. The van der Waals surface area contributed by atoms with E-state index in [0.29, 0.717) is 17.6 Å². The first-order chi connectivity index (χ1) is 8.04. The van der Waals surface area contributed by atoms with Gasteiger partial charge in [-0.05, 0) is 28.9 Å². The zero-order valence-electron chi connectivity index (χ0n) is 9.51. The number of imidazole rings is 1. The number of aryl methyl sites for hydroxylation is 1. The fraction of sp³-hybridized carbons (Fsp3) is 0.364. The van der Waals surface area contributed by atoms with Gasteiger partial charge in [0.25, 0.3) is 0 Å². The normalized spacial score (nSPS) is 12.9. The molecule has 0 aliphatic rings. The van der Waals surface area contributed by atoms with Gasteiger partial charge >= 0.3 is 5.97 Å². The number of halogens is 1. The predicted molar refractivity (Wildman–Crippen MR) is 67.0 cm³/mol. The zero-order chi connectivity index (χ0) is 12.6. The van der Waals surface area contributed by atoms with Crippen molar-refractivity contribution in [2.24, 2.45) is 0 Å². The molecule has 2 rings (SSSR count). The molecule has 17 heavy (non-hydrogen) atoms. The average Bonchev–Trinajstić information content (AvgIpc) is 2.65. The molecule has 5 nitrogen and oxygen atoms in total. The molecular formula is C11H12BrN3O2. The van der Waals surface area contributed by atoms with Gasteiger partial charge in [-0.15, -0.1) is 0 Å². The number of carboxylic acids is 1. The molecule has 90 valence electrons.